The van der Waals surface area contributed by atoms with Crippen LogP contribution in [0.25, 0.3) is 0 Å². The quantitative estimate of drug-likeness (QED) is 0.785. The van der Waals surface area contributed by atoms with Crippen LogP contribution >= 0.6 is 0 Å². The van der Waals surface area contributed by atoms with E-state index < -0.39 is 0 Å². The van der Waals surface area contributed by atoms with Gasteiger partial charge in [-0.3, -0.25) is 9.78 Å². The molecule has 23 heavy (non-hydrogen) atoms. The number of rotatable bonds is 5. The smallest absolute Gasteiger partial charge is 0.227 e. The zero-order chi connectivity index (χ0) is 15.9. The van der Waals surface area contributed by atoms with Crippen LogP contribution in [0, 0.1) is 12.3 Å². The Bertz CT molecular complexity index is 701. The summed E-state index contributed by atoms with van der Waals surface area (Å²) in [5.41, 5.74) is 1.67. The lowest BCUT2D eigenvalue weighted by Crippen LogP contribution is -2.46. The van der Waals surface area contributed by atoms with Crippen molar-refractivity contribution < 1.29 is 4.79 Å². The van der Waals surface area contributed by atoms with Crippen LogP contribution in [-0.2, 0) is 4.79 Å². The van der Waals surface area contributed by atoms with Crippen molar-refractivity contribution in [3.63, 3.8) is 0 Å². The fourth-order valence-corrected chi connectivity index (χ4v) is 3.63. The van der Waals surface area contributed by atoms with Crippen molar-refractivity contribution in [3.8, 4) is 12.3 Å². The van der Waals surface area contributed by atoms with E-state index in [2.05, 4.69) is 26.0 Å². The molecule has 0 radical (unpaired) electrons. The van der Waals surface area contributed by atoms with Crippen molar-refractivity contribution in [2.75, 3.05) is 22.9 Å². The number of carbonyl (C=O) groups is 1. The van der Waals surface area contributed by atoms with Gasteiger partial charge in [0.05, 0.1) is 23.6 Å². The van der Waals surface area contributed by atoms with Crippen LogP contribution in [0.5, 0.6) is 0 Å². The van der Waals surface area contributed by atoms with E-state index in [1.54, 1.807) is 6.20 Å². The molecule has 1 amide bonds. The molecule has 1 aromatic heterocycles. The lowest BCUT2D eigenvalue weighted by Gasteiger charge is -2.36. The molecule has 6 nitrogen and oxygen atoms in total. The molecular formula is C17H19N5O. The third-order valence-electron chi connectivity index (χ3n) is 4.97. The summed E-state index contributed by atoms with van der Waals surface area (Å²) < 4.78 is 0. The maximum absolute atomic E-state index is 12.9. The van der Waals surface area contributed by atoms with Crippen molar-refractivity contribution >= 4 is 17.3 Å². The monoisotopic (exact) mass is 309 g/mol. The number of hydrogen-bond acceptors (Lipinski definition) is 5. The van der Waals surface area contributed by atoms with E-state index in [1.807, 2.05) is 17.2 Å². The Balaban J connectivity index is 1.48. The highest BCUT2D eigenvalue weighted by Gasteiger charge is 2.42. The third-order valence-corrected chi connectivity index (χ3v) is 4.97. The molecule has 0 spiro atoms. The molecule has 6 heteroatoms. The summed E-state index contributed by atoms with van der Waals surface area (Å²) in [6.45, 7) is 1.89. The summed E-state index contributed by atoms with van der Waals surface area (Å²) in [5.74, 6) is 2.78. The molecule has 1 fully saturated rings. The van der Waals surface area contributed by atoms with E-state index >= 15 is 0 Å². The van der Waals surface area contributed by atoms with E-state index in [9.17, 15) is 4.79 Å². The second-order valence-electron chi connectivity index (χ2n) is 6.40. The standard InChI is InChI=1S/C17H19N5O/c1-2-3-7-17(19-20-17)8-4-16(23)22-13-6-10-21(12-13)15-11-18-9-5-14(15)22/h1,5,9,11,13H,3-4,6-8,10,12H2. The summed E-state index contributed by atoms with van der Waals surface area (Å²) in [7, 11) is 0. The molecule has 0 N–H and O–H groups in total. The lowest BCUT2D eigenvalue weighted by atomic mass is 10.0. The average molecular weight is 309 g/mol. The third kappa shape index (κ3) is 2.46. The summed E-state index contributed by atoms with van der Waals surface area (Å²) >= 11 is 0. The van der Waals surface area contributed by atoms with Gasteiger partial charge in [-0.25, -0.2) is 0 Å². The molecule has 1 atom stereocenters. The van der Waals surface area contributed by atoms with E-state index in [4.69, 9.17) is 6.42 Å². The molecule has 1 saturated heterocycles. The summed E-state index contributed by atoms with van der Waals surface area (Å²) in [4.78, 5) is 21.4. The van der Waals surface area contributed by atoms with Gasteiger partial charge in [0.1, 0.15) is 0 Å². The van der Waals surface area contributed by atoms with Gasteiger partial charge in [0.15, 0.2) is 5.66 Å². The fraction of sp³-hybridized carbons (Fsp3) is 0.529. The predicted molar refractivity (Wildman–Crippen MR) is 87.2 cm³/mol. The number of amides is 1. The Morgan fingerprint density at radius 1 is 1.39 bits per heavy atom. The van der Waals surface area contributed by atoms with E-state index in [1.165, 1.54) is 0 Å². The number of aromatic nitrogens is 1. The predicted octanol–water partition coefficient (Wildman–Crippen LogP) is 2.36. The lowest BCUT2D eigenvalue weighted by molar-refractivity contribution is -0.119. The molecule has 4 heterocycles. The van der Waals surface area contributed by atoms with Crippen LogP contribution in [0.1, 0.15) is 32.1 Å². The number of carbonyl (C=O) groups excluding carboxylic acids is 1. The van der Waals surface area contributed by atoms with E-state index in [0.29, 0.717) is 19.3 Å². The maximum atomic E-state index is 12.9. The Labute approximate surface area is 135 Å². The van der Waals surface area contributed by atoms with Crippen LogP contribution in [-0.4, -0.2) is 35.7 Å². The van der Waals surface area contributed by atoms with Crippen LogP contribution in [0.3, 0.4) is 0 Å². The Hall–Kier alpha value is -2.42. The zero-order valence-electron chi connectivity index (χ0n) is 13.0. The molecule has 0 saturated carbocycles. The molecule has 2 bridgehead atoms. The topological polar surface area (TPSA) is 61.2 Å². The SMILES string of the molecule is C#CCCC1(CCC(=O)N2c3ccncc3N3CCC2C3)N=N1. The number of nitrogens with zero attached hydrogens (tertiary/aromatic N) is 5. The first-order valence-electron chi connectivity index (χ1n) is 8.11. The Kier molecular flexibility index (Phi) is 3.29. The second-order valence-corrected chi connectivity index (χ2v) is 6.40. The minimum Gasteiger partial charge on any atom is -0.366 e. The number of terminal acetylenes is 1. The van der Waals surface area contributed by atoms with Gasteiger partial charge in [0.25, 0.3) is 0 Å². The van der Waals surface area contributed by atoms with Gasteiger partial charge in [-0.15, -0.1) is 12.3 Å². The largest absolute Gasteiger partial charge is 0.366 e. The van der Waals surface area contributed by atoms with Crippen molar-refractivity contribution in [2.45, 2.75) is 43.8 Å². The second kappa shape index (κ2) is 5.34. The van der Waals surface area contributed by atoms with Crippen LogP contribution in [0.4, 0.5) is 11.4 Å². The molecule has 3 aliphatic heterocycles. The van der Waals surface area contributed by atoms with E-state index in [0.717, 1.165) is 37.3 Å². The van der Waals surface area contributed by atoms with Gasteiger partial charge in [0.2, 0.25) is 5.91 Å². The fourth-order valence-electron chi connectivity index (χ4n) is 3.63. The molecule has 0 aliphatic carbocycles. The van der Waals surface area contributed by atoms with Gasteiger partial charge in [-0.05, 0) is 12.5 Å². The first-order valence-corrected chi connectivity index (χ1v) is 8.11. The van der Waals surface area contributed by atoms with Crippen molar-refractivity contribution in [3.05, 3.63) is 18.5 Å². The first kappa shape index (κ1) is 14.2. The number of fused-ring (bicyclic) bond motifs is 4. The highest BCUT2D eigenvalue weighted by Crippen LogP contribution is 2.41. The molecule has 118 valence electrons. The van der Waals surface area contributed by atoms with Gasteiger partial charge in [-0.2, -0.15) is 10.2 Å². The van der Waals surface area contributed by atoms with Gasteiger partial charge >= 0.3 is 0 Å². The Morgan fingerprint density at radius 3 is 3.04 bits per heavy atom. The highest BCUT2D eigenvalue weighted by molar-refractivity contribution is 5.98. The van der Waals surface area contributed by atoms with Gasteiger partial charge in [0, 0.05) is 45.0 Å². The minimum absolute atomic E-state index is 0.154. The summed E-state index contributed by atoms with van der Waals surface area (Å²) in [6.07, 6.45) is 12.4. The number of pyridine rings is 1. The van der Waals surface area contributed by atoms with Crippen molar-refractivity contribution in [2.24, 2.45) is 10.2 Å². The van der Waals surface area contributed by atoms with E-state index in [-0.39, 0.29) is 17.6 Å². The molecule has 1 unspecified atom stereocenters. The summed E-state index contributed by atoms with van der Waals surface area (Å²) in [6, 6.07) is 2.21. The molecule has 1 aromatic rings. The van der Waals surface area contributed by atoms with Crippen molar-refractivity contribution in [1.82, 2.24) is 4.98 Å². The number of anilines is 2. The molecule has 3 aliphatic rings. The Morgan fingerprint density at radius 2 is 2.26 bits per heavy atom. The van der Waals surface area contributed by atoms with Crippen LogP contribution in [0.15, 0.2) is 28.7 Å². The summed E-state index contributed by atoms with van der Waals surface area (Å²) in [5, 5.41) is 8.24. The molecule has 4 rings (SSSR count). The van der Waals surface area contributed by atoms with Gasteiger partial charge < -0.3 is 9.80 Å². The van der Waals surface area contributed by atoms with Crippen molar-refractivity contribution in [1.29, 1.82) is 0 Å². The molecule has 0 aromatic carbocycles. The zero-order valence-corrected chi connectivity index (χ0v) is 13.0. The average Bonchev–Trinajstić information content (AvgIpc) is 3.24. The molecular weight excluding hydrogens is 290 g/mol. The normalized spacial score (nSPS) is 22.7. The minimum atomic E-state index is -0.388. The highest BCUT2D eigenvalue weighted by atomic mass is 16.2. The van der Waals surface area contributed by atoms with Crippen LogP contribution in [0.2, 0.25) is 0 Å². The maximum Gasteiger partial charge on any atom is 0.227 e. The number of hydrogen-bond donors (Lipinski definition) is 0. The van der Waals surface area contributed by atoms with Gasteiger partial charge in [-0.1, -0.05) is 0 Å². The van der Waals surface area contributed by atoms with Crippen LogP contribution < -0.4 is 9.80 Å². The first-order chi connectivity index (χ1) is 11.2.